The molecule has 3 N–H and O–H groups in total. The Hall–Kier alpha value is -0.330. The lowest BCUT2D eigenvalue weighted by atomic mass is 9.87. The van der Waals surface area contributed by atoms with Gasteiger partial charge in [0.1, 0.15) is 5.41 Å². The number of aliphatic hydroxyl groups excluding tert-OH is 1. The van der Waals surface area contributed by atoms with E-state index in [-0.39, 0.29) is 13.0 Å². The Bertz CT molecular complexity index is 198. The van der Waals surface area contributed by atoms with E-state index in [2.05, 4.69) is 0 Å². The van der Waals surface area contributed by atoms with Gasteiger partial charge in [-0.05, 0) is 13.0 Å². The Kier molecular flexibility index (Phi) is 3.39. The van der Waals surface area contributed by atoms with Crippen LogP contribution in [0.4, 0.5) is 13.2 Å². The highest BCUT2D eigenvalue weighted by atomic mass is 19.4. The van der Waals surface area contributed by atoms with Gasteiger partial charge in [0.25, 0.3) is 0 Å². The average molecular weight is 212 g/mol. The summed E-state index contributed by atoms with van der Waals surface area (Å²) < 4.78 is 37.8. The highest BCUT2D eigenvalue weighted by molar-refractivity contribution is 4.94. The predicted octanol–water partition coefficient (Wildman–Crippen LogP) is 0.192. The number of likely N-dealkylation sites (tertiary alicyclic amines) is 1. The molecule has 1 aliphatic rings. The molecule has 0 amide bonds. The minimum absolute atomic E-state index is 0.0347. The van der Waals surface area contributed by atoms with Gasteiger partial charge in [0.15, 0.2) is 0 Å². The maximum atomic E-state index is 12.6. The van der Waals surface area contributed by atoms with Gasteiger partial charge in [0.2, 0.25) is 0 Å². The molecule has 1 rings (SSSR count). The highest BCUT2D eigenvalue weighted by Gasteiger charge is 2.57. The van der Waals surface area contributed by atoms with Crippen molar-refractivity contribution in [2.24, 2.45) is 11.1 Å². The number of hydrogen-bond donors (Lipinski definition) is 2. The lowest BCUT2D eigenvalue weighted by molar-refractivity contribution is -0.230. The molecule has 0 aromatic rings. The van der Waals surface area contributed by atoms with Crippen molar-refractivity contribution >= 4 is 0 Å². The fraction of sp³-hybridized carbons (Fsp3) is 1.00. The summed E-state index contributed by atoms with van der Waals surface area (Å²) in [6.45, 7) is 0.191. The molecule has 1 atom stereocenters. The molecule has 14 heavy (non-hydrogen) atoms. The van der Waals surface area contributed by atoms with Crippen LogP contribution in [0.2, 0.25) is 0 Å². The Morgan fingerprint density at radius 2 is 2.07 bits per heavy atom. The maximum Gasteiger partial charge on any atom is 0.397 e. The normalized spacial score (nSPS) is 29.8. The summed E-state index contributed by atoms with van der Waals surface area (Å²) in [4.78, 5) is 1.64. The van der Waals surface area contributed by atoms with Gasteiger partial charge in [0, 0.05) is 19.6 Å². The van der Waals surface area contributed by atoms with E-state index in [4.69, 9.17) is 10.8 Å². The summed E-state index contributed by atoms with van der Waals surface area (Å²) >= 11 is 0. The third-order valence-electron chi connectivity index (χ3n) is 2.78. The fourth-order valence-electron chi connectivity index (χ4n) is 1.78. The molecule has 1 saturated heterocycles. The third-order valence-corrected chi connectivity index (χ3v) is 2.78. The van der Waals surface area contributed by atoms with Crippen LogP contribution in [0.3, 0.4) is 0 Å². The first-order valence-electron chi connectivity index (χ1n) is 4.55. The van der Waals surface area contributed by atoms with Crippen LogP contribution in [-0.2, 0) is 0 Å². The lowest BCUT2D eigenvalue weighted by Crippen LogP contribution is -2.44. The van der Waals surface area contributed by atoms with Gasteiger partial charge >= 0.3 is 6.18 Å². The minimum Gasteiger partial charge on any atom is -0.395 e. The first-order valence-corrected chi connectivity index (χ1v) is 4.55. The summed E-state index contributed by atoms with van der Waals surface area (Å²) in [5.41, 5.74) is 3.33. The second-order valence-electron chi connectivity index (χ2n) is 3.75. The molecule has 0 radical (unpaired) electrons. The number of nitrogens with two attached hydrogens (primary N) is 1. The van der Waals surface area contributed by atoms with E-state index < -0.39 is 18.2 Å². The van der Waals surface area contributed by atoms with Gasteiger partial charge in [-0.2, -0.15) is 13.2 Å². The van der Waals surface area contributed by atoms with Crippen LogP contribution in [0.25, 0.3) is 0 Å². The number of halogens is 3. The standard InChI is InChI=1S/C8H15F3N2O/c9-8(10,11)7(6-14)1-3-13(5-7)4-2-12/h14H,1-6,12H2. The molecule has 84 valence electrons. The van der Waals surface area contributed by atoms with Gasteiger partial charge in [-0.15, -0.1) is 0 Å². The zero-order valence-corrected chi connectivity index (χ0v) is 7.85. The van der Waals surface area contributed by atoms with Crippen LogP contribution < -0.4 is 5.73 Å². The molecule has 0 bridgehead atoms. The van der Waals surface area contributed by atoms with E-state index in [1.807, 2.05) is 0 Å². The SMILES string of the molecule is NCCN1CCC(CO)(C(F)(F)F)C1. The Morgan fingerprint density at radius 1 is 1.43 bits per heavy atom. The molecular weight excluding hydrogens is 197 g/mol. The number of nitrogens with zero attached hydrogens (tertiary/aromatic N) is 1. The number of alkyl halides is 3. The number of rotatable bonds is 3. The summed E-state index contributed by atoms with van der Waals surface area (Å²) in [6, 6.07) is 0. The van der Waals surface area contributed by atoms with Crippen molar-refractivity contribution in [3.05, 3.63) is 0 Å². The number of aliphatic hydroxyl groups is 1. The van der Waals surface area contributed by atoms with Crippen molar-refractivity contribution in [3.8, 4) is 0 Å². The molecule has 0 spiro atoms. The molecular formula is C8H15F3N2O. The van der Waals surface area contributed by atoms with E-state index in [1.165, 1.54) is 0 Å². The lowest BCUT2D eigenvalue weighted by Gasteiger charge is -2.29. The van der Waals surface area contributed by atoms with E-state index in [9.17, 15) is 13.2 Å². The van der Waals surface area contributed by atoms with Crippen LogP contribution in [-0.4, -0.2) is 49.0 Å². The first kappa shape index (κ1) is 11.7. The summed E-state index contributed by atoms with van der Waals surface area (Å²) in [5.74, 6) is 0. The fourth-order valence-corrected chi connectivity index (χ4v) is 1.78. The largest absolute Gasteiger partial charge is 0.397 e. The van der Waals surface area contributed by atoms with Crippen molar-refractivity contribution < 1.29 is 18.3 Å². The Balaban J connectivity index is 2.66. The quantitative estimate of drug-likeness (QED) is 0.702. The molecule has 3 nitrogen and oxygen atoms in total. The minimum atomic E-state index is -4.33. The molecule has 1 unspecified atom stereocenters. The van der Waals surface area contributed by atoms with E-state index >= 15 is 0 Å². The van der Waals surface area contributed by atoms with Gasteiger partial charge in [-0.3, -0.25) is 0 Å². The molecule has 1 heterocycles. The average Bonchev–Trinajstić information content (AvgIpc) is 2.49. The van der Waals surface area contributed by atoms with Crippen LogP contribution in [0, 0.1) is 5.41 Å². The summed E-state index contributed by atoms with van der Waals surface area (Å²) in [6.07, 6.45) is -4.36. The van der Waals surface area contributed by atoms with Crippen molar-refractivity contribution in [2.75, 3.05) is 32.8 Å². The summed E-state index contributed by atoms with van der Waals surface area (Å²) in [5, 5.41) is 8.86. The van der Waals surface area contributed by atoms with Crippen molar-refractivity contribution in [1.29, 1.82) is 0 Å². The number of hydrogen-bond acceptors (Lipinski definition) is 3. The Labute approximate surface area is 80.7 Å². The predicted molar refractivity (Wildman–Crippen MR) is 45.7 cm³/mol. The molecule has 1 aliphatic heterocycles. The smallest absolute Gasteiger partial charge is 0.395 e. The Morgan fingerprint density at radius 3 is 2.43 bits per heavy atom. The molecule has 6 heteroatoms. The molecule has 0 aromatic heterocycles. The summed E-state index contributed by atoms with van der Waals surface area (Å²) in [7, 11) is 0. The second kappa shape index (κ2) is 4.04. The van der Waals surface area contributed by atoms with Crippen LogP contribution in [0.15, 0.2) is 0 Å². The second-order valence-corrected chi connectivity index (χ2v) is 3.75. The monoisotopic (exact) mass is 212 g/mol. The van der Waals surface area contributed by atoms with Crippen molar-refractivity contribution in [1.82, 2.24) is 4.90 Å². The van der Waals surface area contributed by atoms with E-state index in [0.29, 0.717) is 19.6 Å². The highest BCUT2D eigenvalue weighted by Crippen LogP contribution is 2.44. The zero-order valence-electron chi connectivity index (χ0n) is 7.85. The van der Waals surface area contributed by atoms with Gasteiger partial charge in [-0.1, -0.05) is 0 Å². The van der Waals surface area contributed by atoms with Gasteiger partial charge in [-0.25, -0.2) is 0 Å². The van der Waals surface area contributed by atoms with E-state index in [1.54, 1.807) is 4.90 Å². The van der Waals surface area contributed by atoms with Crippen molar-refractivity contribution in [2.45, 2.75) is 12.6 Å². The maximum absolute atomic E-state index is 12.6. The van der Waals surface area contributed by atoms with Crippen molar-refractivity contribution in [3.63, 3.8) is 0 Å². The molecule has 0 aliphatic carbocycles. The van der Waals surface area contributed by atoms with Crippen LogP contribution in [0.1, 0.15) is 6.42 Å². The van der Waals surface area contributed by atoms with E-state index in [0.717, 1.165) is 0 Å². The third kappa shape index (κ3) is 2.02. The zero-order chi connectivity index (χ0) is 10.8. The van der Waals surface area contributed by atoms with Gasteiger partial charge in [0.05, 0.1) is 6.61 Å². The van der Waals surface area contributed by atoms with Crippen LogP contribution >= 0.6 is 0 Å². The molecule has 0 aromatic carbocycles. The molecule has 1 fully saturated rings. The van der Waals surface area contributed by atoms with Crippen LogP contribution in [0.5, 0.6) is 0 Å². The first-order chi connectivity index (χ1) is 6.45. The van der Waals surface area contributed by atoms with Gasteiger partial charge < -0.3 is 15.7 Å². The molecule has 0 saturated carbocycles. The topological polar surface area (TPSA) is 49.5 Å².